The summed E-state index contributed by atoms with van der Waals surface area (Å²) in [6.45, 7) is 7.39. The molecule has 4 nitrogen and oxygen atoms in total. The van der Waals surface area contributed by atoms with Gasteiger partial charge < -0.3 is 14.6 Å². The highest BCUT2D eigenvalue weighted by molar-refractivity contribution is 5.43. The van der Waals surface area contributed by atoms with Gasteiger partial charge >= 0.3 is 0 Å². The van der Waals surface area contributed by atoms with Crippen molar-refractivity contribution >= 4 is 0 Å². The Labute approximate surface area is 114 Å². The summed E-state index contributed by atoms with van der Waals surface area (Å²) in [5.41, 5.74) is 1.14. The van der Waals surface area contributed by atoms with Gasteiger partial charge in [-0.25, -0.2) is 0 Å². The lowest BCUT2D eigenvalue weighted by Crippen LogP contribution is -2.28. The Hall–Kier alpha value is -1.26. The minimum atomic E-state index is 0.0760. The van der Waals surface area contributed by atoms with E-state index in [9.17, 15) is 5.11 Å². The molecule has 0 saturated heterocycles. The Morgan fingerprint density at radius 2 is 1.95 bits per heavy atom. The minimum Gasteiger partial charge on any atom is -0.490 e. The second-order valence-electron chi connectivity index (χ2n) is 5.38. The van der Waals surface area contributed by atoms with Crippen LogP contribution in [0.25, 0.3) is 0 Å². The summed E-state index contributed by atoms with van der Waals surface area (Å²) < 4.78 is 11.3. The molecule has 1 aromatic rings. The van der Waals surface area contributed by atoms with E-state index in [4.69, 9.17) is 9.47 Å². The van der Waals surface area contributed by atoms with Gasteiger partial charge in [0.05, 0.1) is 19.9 Å². The molecule has 0 aromatic heterocycles. The predicted octanol–water partition coefficient (Wildman–Crippen LogP) is 2.26. The topological polar surface area (TPSA) is 41.9 Å². The van der Waals surface area contributed by atoms with Crippen LogP contribution in [-0.4, -0.2) is 36.5 Å². The molecular formula is C15H23NO3. The smallest absolute Gasteiger partial charge is 0.161 e. The average Bonchev–Trinajstić information content (AvgIpc) is 2.62. The molecule has 2 rings (SSSR count). The summed E-state index contributed by atoms with van der Waals surface area (Å²) >= 11 is 0. The summed E-state index contributed by atoms with van der Waals surface area (Å²) in [5.74, 6) is 2.17. The van der Waals surface area contributed by atoms with Crippen LogP contribution in [0.3, 0.4) is 0 Å². The third kappa shape index (κ3) is 4.11. The zero-order valence-electron chi connectivity index (χ0n) is 11.8. The summed E-state index contributed by atoms with van der Waals surface area (Å²) in [4.78, 5) is 2.02. The first-order chi connectivity index (χ1) is 9.19. The van der Waals surface area contributed by atoms with Gasteiger partial charge in [-0.2, -0.15) is 0 Å². The number of aliphatic hydroxyl groups excluding tert-OH is 1. The van der Waals surface area contributed by atoms with Crippen molar-refractivity contribution in [3.63, 3.8) is 0 Å². The number of rotatable bonds is 5. The lowest BCUT2D eigenvalue weighted by molar-refractivity contribution is 0.0894. The largest absolute Gasteiger partial charge is 0.490 e. The van der Waals surface area contributed by atoms with Gasteiger partial charge in [0, 0.05) is 19.5 Å². The molecular weight excluding hydrogens is 242 g/mol. The molecule has 1 aliphatic rings. The zero-order chi connectivity index (χ0) is 13.7. The van der Waals surface area contributed by atoms with Gasteiger partial charge in [-0.3, -0.25) is 4.90 Å². The van der Waals surface area contributed by atoms with Crippen molar-refractivity contribution < 1.29 is 14.6 Å². The Kier molecular flexibility index (Phi) is 5.05. The van der Waals surface area contributed by atoms with E-state index in [-0.39, 0.29) is 6.73 Å². The Morgan fingerprint density at radius 1 is 1.21 bits per heavy atom. The molecule has 1 N–H and O–H groups in total. The van der Waals surface area contributed by atoms with E-state index in [1.54, 1.807) is 0 Å². The Morgan fingerprint density at radius 3 is 2.63 bits per heavy atom. The van der Waals surface area contributed by atoms with Crippen LogP contribution in [0.1, 0.15) is 25.8 Å². The fourth-order valence-corrected chi connectivity index (χ4v) is 2.25. The maximum absolute atomic E-state index is 9.39. The van der Waals surface area contributed by atoms with E-state index >= 15 is 0 Å². The molecule has 0 fully saturated rings. The molecule has 0 spiro atoms. The van der Waals surface area contributed by atoms with Gasteiger partial charge in [0.1, 0.15) is 0 Å². The van der Waals surface area contributed by atoms with Gasteiger partial charge in [-0.15, -0.1) is 0 Å². The number of aliphatic hydroxyl groups is 1. The van der Waals surface area contributed by atoms with Crippen LogP contribution in [0.15, 0.2) is 18.2 Å². The molecule has 19 heavy (non-hydrogen) atoms. The SMILES string of the molecule is CC(C)CN(CO)Cc1ccc2c(c1)OCCCO2. The number of ether oxygens (including phenoxy) is 2. The van der Waals surface area contributed by atoms with E-state index < -0.39 is 0 Å². The van der Waals surface area contributed by atoms with E-state index in [0.717, 1.165) is 36.6 Å². The third-order valence-electron chi connectivity index (χ3n) is 3.04. The van der Waals surface area contributed by atoms with Crippen LogP contribution in [0.2, 0.25) is 0 Å². The van der Waals surface area contributed by atoms with Crippen molar-refractivity contribution in [3.05, 3.63) is 23.8 Å². The molecule has 0 saturated carbocycles. The molecule has 0 amide bonds. The van der Waals surface area contributed by atoms with Crippen molar-refractivity contribution in [1.82, 2.24) is 4.90 Å². The van der Waals surface area contributed by atoms with Gasteiger partial charge in [0.25, 0.3) is 0 Å². The van der Waals surface area contributed by atoms with Crippen molar-refractivity contribution in [2.24, 2.45) is 5.92 Å². The van der Waals surface area contributed by atoms with Crippen molar-refractivity contribution in [2.75, 3.05) is 26.5 Å². The van der Waals surface area contributed by atoms with Crippen LogP contribution in [0, 0.1) is 5.92 Å². The number of hydrogen-bond acceptors (Lipinski definition) is 4. The lowest BCUT2D eigenvalue weighted by atomic mass is 10.1. The normalized spacial score (nSPS) is 14.8. The quantitative estimate of drug-likeness (QED) is 0.829. The van der Waals surface area contributed by atoms with Gasteiger partial charge in [0.2, 0.25) is 0 Å². The van der Waals surface area contributed by atoms with Gasteiger partial charge in [-0.1, -0.05) is 19.9 Å². The summed E-state index contributed by atoms with van der Waals surface area (Å²) in [6, 6.07) is 6.01. The number of fused-ring (bicyclic) bond motifs is 1. The fourth-order valence-electron chi connectivity index (χ4n) is 2.25. The Balaban J connectivity index is 2.06. The van der Waals surface area contributed by atoms with Crippen LogP contribution < -0.4 is 9.47 Å². The van der Waals surface area contributed by atoms with Crippen molar-refractivity contribution in [3.8, 4) is 11.5 Å². The Bertz CT molecular complexity index is 406. The maximum atomic E-state index is 9.39. The first-order valence-electron chi connectivity index (χ1n) is 6.91. The van der Waals surface area contributed by atoms with Crippen LogP contribution in [-0.2, 0) is 6.54 Å². The van der Waals surface area contributed by atoms with Crippen LogP contribution in [0.5, 0.6) is 11.5 Å². The van der Waals surface area contributed by atoms with Gasteiger partial charge in [-0.05, 0) is 23.6 Å². The second-order valence-corrected chi connectivity index (χ2v) is 5.38. The molecule has 0 atom stereocenters. The first-order valence-corrected chi connectivity index (χ1v) is 6.91. The van der Waals surface area contributed by atoms with E-state index in [0.29, 0.717) is 19.1 Å². The molecule has 0 radical (unpaired) electrons. The van der Waals surface area contributed by atoms with E-state index in [1.807, 2.05) is 23.1 Å². The third-order valence-corrected chi connectivity index (χ3v) is 3.04. The van der Waals surface area contributed by atoms with Crippen molar-refractivity contribution in [1.29, 1.82) is 0 Å². The number of benzene rings is 1. The standard InChI is InChI=1S/C15H23NO3/c1-12(2)9-16(11-17)10-13-4-5-14-15(8-13)19-7-3-6-18-14/h4-5,8,12,17H,3,6-7,9-11H2,1-2H3. The second kappa shape index (κ2) is 6.78. The first kappa shape index (κ1) is 14.2. The minimum absolute atomic E-state index is 0.0760. The van der Waals surface area contributed by atoms with Crippen LogP contribution in [0.4, 0.5) is 0 Å². The van der Waals surface area contributed by atoms with E-state index in [1.165, 1.54) is 0 Å². The average molecular weight is 265 g/mol. The van der Waals surface area contributed by atoms with Gasteiger partial charge in [0.15, 0.2) is 11.5 Å². The number of nitrogens with zero attached hydrogens (tertiary/aromatic N) is 1. The molecule has 106 valence electrons. The highest BCUT2D eigenvalue weighted by Crippen LogP contribution is 2.30. The lowest BCUT2D eigenvalue weighted by Gasteiger charge is -2.22. The molecule has 1 aliphatic heterocycles. The summed E-state index contributed by atoms with van der Waals surface area (Å²) in [6.07, 6.45) is 0.917. The summed E-state index contributed by atoms with van der Waals surface area (Å²) in [7, 11) is 0. The maximum Gasteiger partial charge on any atom is 0.161 e. The molecule has 0 unspecified atom stereocenters. The van der Waals surface area contributed by atoms with Crippen LogP contribution >= 0.6 is 0 Å². The molecule has 0 bridgehead atoms. The highest BCUT2D eigenvalue weighted by Gasteiger charge is 2.12. The zero-order valence-corrected chi connectivity index (χ0v) is 11.8. The monoisotopic (exact) mass is 265 g/mol. The molecule has 0 aliphatic carbocycles. The highest BCUT2D eigenvalue weighted by atomic mass is 16.5. The number of hydrogen-bond donors (Lipinski definition) is 1. The molecule has 1 heterocycles. The molecule has 4 heteroatoms. The predicted molar refractivity (Wildman–Crippen MR) is 74.4 cm³/mol. The van der Waals surface area contributed by atoms with Crippen molar-refractivity contribution in [2.45, 2.75) is 26.8 Å². The van der Waals surface area contributed by atoms with E-state index in [2.05, 4.69) is 13.8 Å². The molecule has 1 aromatic carbocycles. The fraction of sp³-hybridized carbons (Fsp3) is 0.600. The summed E-state index contributed by atoms with van der Waals surface area (Å²) in [5, 5.41) is 9.39.